The summed E-state index contributed by atoms with van der Waals surface area (Å²) in [5.41, 5.74) is 6.88. The van der Waals surface area contributed by atoms with Crippen molar-refractivity contribution < 1.29 is 0 Å². The van der Waals surface area contributed by atoms with Crippen molar-refractivity contribution in [3.05, 3.63) is 28.8 Å². The molecule has 0 atom stereocenters. The largest absolute Gasteiger partial charge is 0.330 e. The number of hydrogen-bond acceptors (Lipinski definition) is 2. The van der Waals surface area contributed by atoms with Gasteiger partial charge in [0.25, 0.3) is 0 Å². The van der Waals surface area contributed by atoms with Crippen LogP contribution in [0.3, 0.4) is 0 Å². The Morgan fingerprint density at radius 2 is 2.00 bits per heavy atom. The van der Waals surface area contributed by atoms with Gasteiger partial charge in [0.05, 0.1) is 0 Å². The van der Waals surface area contributed by atoms with Crippen LogP contribution in [0.5, 0.6) is 0 Å². The predicted molar refractivity (Wildman–Crippen MR) is 69.8 cm³/mol. The molecule has 1 aromatic rings. The lowest BCUT2D eigenvalue weighted by Gasteiger charge is -2.20. The number of hydrogen-bond donors (Lipinski definition) is 1. The van der Waals surface area contributed by atoms with Crippen LogP contribution in [-0.4, -0.2) is 11.3 Å². The van der Waals surface area contributed by atoms with E-state index in [9.17, 15) is 0 Å². The Balaban J connectivity index is 2.96. The van der Waals surface area contributed by atoms with E-state index in [1.54, 1.807) is 0 Å². The van der Waals surface area contributed by atoms with Crippen LogP contribution in [0.4, 0.5) is 0 Å². The van der Waals surface area contributed by atoms with E-state index in [2.05, 4.69) is 26.8 Å². The third-order valence-electron chi connectivity index (χ3n) is 1.86. The Kier molecular flexibility index (Phi) is 4.50. The van der Waals surface area contributed by atoms with Gasteiger partial charge < -0.3 is 5.73 Å². The highest BCUT2D eigenvalue weighted by molar-refractivity contribution is 8.00. The number of thioether (sulfide) groups is 1. The highest BCUT2D eigenvalue weighted by atomic mass is 35.5. The summed E-state index contributed by atoms with van der Waals surface area (Å²) in [4.78, 5) is 1.25. The second kappa shape index (κ2) is 5.24. The first-order chi connectivity index (χ1) is 6.92. The molecule has 1 nitrogen and oxygen atoms in total. The molecule has 0 bridgehead atoms. The predicted octanol–water partition coefficient (Wildman–Crippen LogP) is 3.73. The van der Waals surface area contributed by atoms with Crippen LogP contribution in [-0.2, 0) is 6.42 Å². The summed E-state index contributed by atoms with van der Waals surface area (Å²) in [5.74, 6) is 0. The van der Waals surface area contributed by atoms with Crippen molar-refractivity contribution in [2.24, 2.45) is 5.73 Å². The Bertz CT molecular complexity index is 331. The summed E-state index contributed by atoms with van der Waals surface area (Å²) in [7, 11) is 0. The molecule has 0 heterocycles. The van der Waals surface area contributed by atoms with E-state index in [-0.39, 0.29) is 4.75 Å². The van der Waals surface area contributed by atoms with Gasteiger partial charge in [-0.25, -0.2) is 0 Å². The summed E-state index contributed by atoms with van der Waals surface area (Å²) < 4.78 is 0.202. The molecule has 0 fully saturated rings. The van der Waals surface area contributed by atoms with Crippen LogP contribution >= 0.6 is 23.4 Å². The van der Waals surface area contributed by atoms with Crippen LogP contribution in [0.1, 0.15) is 26.3 Å². The molecule has 0 radical (unpaired) electrons. The van der Waals surface area contributed by atoms with Crippen molar-refractivity contribution >= 4 is 23.4 Å². The smallest absolute Gasteiger partial charge is 0.0417 e. The minimum Gasteiger partial charge on any atom is -0.330 e. The van der Waals surface area contributed by atoms with Gasteiger partial charge >= 0.3 is 0 Å². The fraction of sp³-hybridized carbons (Fsp3) is 0.500. The molecule has 0 unspecified atom stereocenters. The molecule has 0 aliphatic rings. The molecule has 0 aliphatic carbocycles. The van der Waals surface area contributed by atoms with Crippen LogP contribution in [0, 0.1) is 0 Å². The van der Waals surface area contributed by atoms with Crippen LogP contribution in [0.25, 0.3) is 0 Å². The molecule has 0 aliphatic heterocycles. The van der Waals surface area contributed by atoms with Crippen molar-refractivity contribution in [1.82, 2.24) is 0 Å². The third-order valence-corrected chi connectivity index (χ3v) is 3.31. The number of rotatable bonds is 3. The van der Waals surface area contributed by atoms with Gasteiger partial charge in [-0.15, -0.1) is 11.8 Å². The zero-order chi connectivity index (χ0) is 11.5. The SMILES string of the molecule is CC(C)(C)Sc1cc(Cl)ccc1CCN. The fourth-order valence-electron chi connectivity index (χ4n) is 1.32. The minimum atomic E-state index is 0.202. The Morgan fingerprint density at radius 1 is 1.33 bits per heavy atom. The summed E-state index contributed by atoms with van der Waals surface area (Å²) in [6.07, 6.45) is 0.912. The molecule has 0 amide bonds. The first-order valence-electron chi connectivity index (χ1n) is 5.10. The minimum absolute atomic E-state index is 0.202. The number of nitrogens with two attached hydrogens (primary N) is 1. The van der Waals surface area contributed by atoms with Crippen molar-refractivity contribution in [3.63, 3.8) is 0 Å². The van der Waals surface area contributed by atoms with Gasteiger partial charge in [-0.1, -0.05) is 38.4 Å². The fourth-order valence-corrected chi connectivity index (χ4v) is 2.70. The van der Waals surface area contributed by atoms with Gasteiger partial charge in [0.1, 0.15) is 0 Å². The van der Waals surface area contributed by atoms with E-state index in [1.165, 1.54) is 10.5 Å². The van der Waals surface area contributed by atoms with E-state index >= 15 is 0 Å². The van der Waals surface area contributed by atoms with Crippen LogP contribution in [0.15, 0.2) is 23.1 Å². The quantitative estimate of drug-likeness (QED) is 0.819. The average molecular weight is 244 g/mol. The molecule has 1 rings (SSSR count). The van der Waals surface area contributed by atoms with Crippen molar-refractivity contribution in [3.8, 4) is 0 Å². The zero-order valence-corrected chi connectivity index (χ0v) is 11.1. The zero-order valence-electron chi connectivity index (χ0n) is 9.51. The van der Waals surface area contributed by atoms with Crippen molar-refractivity contribution in [2.75, 3.05) is 6.54 Å². The van der Waals surface area contributed by atoms with E-state index in [4.69, 9.17) is 17.3 Å². The Labute approximate surface area is 101 Å². The average Bonchev–Trinajstić information content (AvgIpc) is 2.07. The maximum Gasteiger partial charge on any atom is 0.0417 e. The lowest BCUT2D eigenvalue weighted by Crippen LogP contribution is -2.09. The van der Waals surface area contributed by atoms with E-state index in [1.807, 2.05) is 23.9 Å². The first-order valence-corrected chi connectivity index (χ1v) is 6.29. The lowest BCUT2D eigenvalue weighted by molar-refractivity contribution is 0.800. The molecular weight excluding hydrogens is 226 g/mol. The molecule has 15 heavy (non-hydrogen) atoms. The molecule has 3 heteroatoms. The number of halogens is 1. The molecular formula is C12H18ClNS. The van der Waals surface area contributed by atoms with Crippen LogP contribution in [0.2, 0.25) is 5.02 Å². The highest BCUT2D eigenvalue weighted by Gasteiger charge is 2.14. The Morgan fingerprint density at radius 3 is 2.53 bits per heavy atom. The maximum atomic E-state index is 6.00. The first kappa shape index (κ1) is 12.9. The van der Waals surface area contributed by atoms with Gasteiger partial charge in [0.2, 0.25) is 0 Å². The molecule has 0 spiro atoms. The van der Waals surface area contributed by atoms with E-state index < -0.39 is 0 Å². The van der Waals surface area contributed by atoms with Gasteiger partial charge in [-0.05, 0) is 30.7 Å². The molecule has 1 aromatic carbocycles. The standard InChI is InChI=1S/C12H18ClNS/c1-12(2,3)15-11-8-10(13)5-4-9(11)6-7-14/h4-5,8H,6-7,14H2,1-3H3. The van der Waals surface area contributed by atoms with Crippen molar-refractivity contribution in [2.45, 2.75) is 36.8 Å². The third kappa shape index (κ3) is 4.45. The summed E-state index contributed by atoms with van der Waals surface area (Å²) in [6.45, 7) is 7.28. The van der Waals surface area contributed by atoms with Crippen LogP contribution < -0.4 is 5.73 Å². The second-order valence-corrected chi connectivity index (χ2v) is 6.81. The molecule has 0 aromatic heterocycles. The monoisotopic (exact) mass is 243 g/mol. The Hall–Kier alpha value is -0.180. The summed E-state index contributed by atoms with van der Waals surface area (Å²) in [5, 5.41) is 0.794. The van der Waals surface area contributed by atoms with Crippen molar-refractivity contribution in [1.29, 1.82) is 0 Å². The highest BCUT2D eigenvalue weighted by Crippen LogP contribution is 2.35. The molecule has 84 valence electrons. The normalized spacial score (nSPS) is 11.8. The topological polar surface area (TPSA) is 26.0 Å². The van der Waals surface area contributed by atoms with E-state index in [0.717, 1.165) is 11.4 Å². The van der Waals surface area contributed by atoms with Gasteiger partial charge in [-0.2, -0.15) is 0 Å². The molecule has 0 saturated heterocycles. The van der Waals surface area contributed by atoms with Gasteiger partial charge in [-0.3, -0.25) is 0 Å². The maximum absolute atomic E-state index is 6.00. The van der Waals surface area contributed by atoms with Gasteiger partial charge in [0.15, 0.2) is 0 Å². The molecule has 2 N–H and O–H groups in total. The number of benzene rings is 1. The second-order valence-electron chi connectivity index (χ2n) is 4.51. The lowest BCUT2D eigenvalue weighted by atomic mass is 10.1. The molecule has 0 saturated carbocycles. The summed E-state index contributed by atoms with van der Waals surface area (Å²) in [6, 6.07) is 6.03. The van der Waals surface area contributed by atoms with Gasteiger partial charge in [0, 0.05) is 14.7 Å². The van der Waals surface area contributed by atoms with E-state index in [0.29, 0.717) is 6.54 Å². The summed E-state index contributed by atoms with van der Waals surface area (Å²) >= 11 is 7.84.